The van der Waals surface area contributed by atoms with Crippen molar-refractivity contribution in [1.82, 2.24) is 0 Å². The summed E-state index contributed by atoms with van der Waals surface area (Å²) in [5.74, 6) is 0.912. The molecular formula is C9H19-. The highest BCUT2D eigenvalue weighted by molar-refractivity contribution is 4.62. The van der Waals surface area contributed by atoms with Gasteiger partial charge in [0.15, 0.2) is 0 Å². The van der Waals surface area contributed by atoms with E-state index in [1.54, 1.807) is 0 Å². The Morgan fingerprint density at radius 2 is 2.11 bits per heavy atom. The van der Waals surface area contributed by atoms with E-state index in [0.717, 1.165) is 5.92 Å². The van der Waals surface area contributed by atoms with Gasteiger partial charge in [-0.25, -0.2) is 0 Å². The van der Waals surface area contributed by atoms with Crippen LogP contribution in [-0.4, -0.2) is 0 Å². The molecule has 0 radical (unpaired) electrons. The van der Waals surface area contributed by atoms with Crippen LogP contribution in [0.5, 0.6) is 0 Å². The molecule has 9 heavy (non-hydrogen) atoms. The number of hydrogen-bond acceptors (Lipinski definition) is 0. The zero-order valence-corrected chi connectivity index (χ0v) is 6.98. The first-order chi connectivity index (χ1) is 4.31. The maximum atomic E-state index is 2.33. The highest BCUT2D eigenvalue weighted by Crippen LogP contribution is 2.12. The van der Waals surface area contributed by atoms with E-state index < -0.39 is 0 Å². The van der Waals surface area contributed by atoms with Crippen LogP contribution in [0.4, 0.5) is 0 Å². The molecule has 0 aromatic rings. The standard InChI is InChI=1S/C9H19/c1-4-6-8-9(3)7-5-2/h5,9H,4,6-8H2,1-3H3/q-1. The van der Waals surface area contributed by atoms with Gasteiger partial charge in [0.2, 0.25) is 0 Å². The van der Waals surface area contributed by atoms with Crippen molar-refractivity contribution < 1.29 is 0 Å². The number of hydrogen-bond donors (Lipinski definition) is 0. The molecule has 0 rings (SSSR count). The molecule has 0 saturated carbocycles. The second-order valence-electron chi connectivity index (χ2n) is 2.89. The minimum atomic E-state index is 0.912. The largest absolute Gasteiger partial charge is 0.331 e. The van der Waals surface area contributed by atoms with Crippen molar-refractivity contribution in [1.29, 1.82) is 0 Å². The third-order valence-electron chi connectivity index (χ3n) is 1.69. The van der Waals surface area contributed by atoms with E-state index in [0.29, 0.717) is 0 Å². The Balaban J connectivity index is 2.95. The van der Waals surface area contributed by atoms with E-state index in [9.17, 15) is 0 Å². The summed E-state index contributed by atoms with van der Waals surface area (Å²) >= 11 is 0. The maximum Gasteiger partial charge on any atom is -0.0532 e. The van der Waals surface area contributed by atoms with E-state index in [4.69, 9.17) is 0 Å². The molecular weight excluding hydrogens is 108 g/mol. The van der Waals surface area contributed by atoms with Crippen LogP contribution in [0.25, 0.3) is 0 Å². The smallest absolute Gasteiger partial charge is 0.0532 e. The second kappa shape index (κ2) is 6.12. The molecule has 0 aliphatic heterocycles. The van der Waals surface area contributed by atoms with E-state index in [1.807, 2.05) is 0 Å². The number of unbranched alkanes of at least 4 members (excludes halogenated alkanes) is 1. The van der Waals surface area contributed by atoms with Crippen LogP contribution in [0.2, 0.25) is 0 Å². The van der Waals surface area contributed by atoms with E-state index in [2.05, 4.69) is 27.2 Å². The van der Waals surface area contributed by atoms with Gasteiger partial charge in [0, 0.05) is 0 Å². The van der Waals surface area contributed by atoms with Gasteiger partial charge < -0.3 is 6.42 Å². The molecule has 0 heteroatoms. The molecule has 0 bridgehead atoms. The third kappa shape index (κ3) is 5.88. The summed E-state index contributed by atoms with van der Waals surface area (Å²) < 4.78 is 0. The summed E-state index contributed by atoms with van der Waals surface area (Å²) in [6, 6.07) is 0. The van der Waals surface area contributed by atoms with Crippen molar-refractivity contribution in [2.75, 3.05) is 0 Å². The Bertz CT molecular complexity index is 48.0. The highest BCUT2D eigenvalue weighted by Gasteiger charge is 1.92. The minimum absolute atomic E-state index is 0.912. The molecule has 0 aliphatic rings. The summed E-state index contributed by atoms with van der Waals surface area (Å²) in [7, 11) is 0. The average Bonchev–Trinajstić information content (AvgIpc) is 1.85. The lowest BCUT2D eigenvalue weighted by Gasteiger charge is -2.13. The number of rotatable bonds is 5. The van der Waals surface area contributed by atoms with Crippen LogP contribution in [0, 0.1) is 12.3 Å². The van der Waals surface area contributed by atoms with Crippen LogP contribution in [0.3, 0.4) is 0 Å². The van der Waals surface area contributed by atoms with Gasteiger partial charge in [-0.1, -0.05) is 39.0 Å². The van der Waals surface area contributed by atoms with Crippen LogP contribution < -0.4 is 0 Å². The van der Waals surface area contributed by atoms with Gasteiger partial charge in [0.1, 0.15) is 0 Å². The lowest BCUT2D eigenvalue weighted by atomic mass is 10.00. The molecule has 0 aliphatic carbocycles. The first-order valence-corrected chi connectivity index (χ1v) is 4.09. The summed E-state index contributed by atoms with van der Waals surface area (Å²) in [5, 5.41) is 0. The Morgan fingerprint density at radius 1 is 1.44 bits per heavy atom. The normalized spacial score (nSPS) is 13.7. The first-order valence-electron chi connectivity index (χ1n) is 4.09. The molecule has 0 nitrogen and oxygen atoms in total. The van der Waals surface area contributed by atoms with Crippen LogP contribution >= 0.6 is 0 Å². The van der Waals surface area contributed by atoms with Gasteiger partial charge >= 0.3 is 0 Å². The topological polar surface area (TPSA) is 0 Å². The Labute approximate surface area is 59.7 Å². The van der Waals surface area contributed by atoms with Crippen molar-refractivity contribution in [3.05, 3.63) is 6.42 Å². The van der Waals surface area contributed by atoms with Crippen molar-refractivity contribution in [2.24, 2.45) is 5.92 Å². The molecule has 0 aromatic heterocycles. The zero-order chi connectivity index (χ0) is 7.11. The van der Waals surface area contributed by atoms with Gasteiger partial charge in [-0.05, 0) is 0 Å². The quantitative estimate of drug-likeness (QED) is 0.496. The minimum Gasteiger partial charge on any atom is -0.331 e. The Kier molecular flexibility index (Phi) is 6.12. The molecule has 0 heterocycles. The van der Waals surface area contributed by atoms with Crippen molar-refractivity contribution in [3.8, 4) is 0 Å². The van der Waals surface area contributed by atoms with Crippen molar-refractivity contribution in [3.63, 3.8) is 0 Å². The van der Waals surface area contributed by atoms with Crippen LogP contribution in [-0.2, 0) is 0 Å². The average molecular weight is 127 g/mol. The van der Waals surface area contributed by atoms with E-state index >= 15 is 0 Å². The highest BCUT2D eigenvalue weighted by atomic mass is 14.0. The molecule has 1 atom stereocenters. The van der Waals surface area contributed by atoms with Crippen molar-refractivity contribution >= 4 is 0 Å². The maximum absolute atomic E-state index is 2.33. The molecule has 0 fully saturated rings. The Morgan fingerprint density at radius 3 is 2.56 bits per heavy atom. The zero-order valence-electron chi connectivity index (χ0n) is 6.98. The van der Waals surface area contributed by atoms with Crippen LogP contribution in [0.1, 0.15) is 46.5 Å². The van der Waals surface area contributed by atoms with Crippen molar-refractivity contribution in [2.45, 2.75) is 46.5 Å². The molecule has 0 spiro atoms. The monoisotopic (exact) mass is 127 g/mol. The van der Waals surface area contributed by atoms with Gasteiger partial charge in [-0.3, -0.25) is 0 Å². The molecule has 0 aromatic carbocycles. The predicted molar refractivity (Wildman–Crippen MR) is 43.3 cm³/mol. The van der Waals surface area contributed by atoms with E-state index in [-0.39, 0.29) is 0 Å². The predicted octanol–water partition coefficient (Wildman–Crippen LogP) is 3.43. The molecule has 1 unspecified atom stereocenters. The molecule has 0 amide bonds. The molecule has 0 N–H and O–H groups in total. The summed E-state index contributed by atoms with van der Waals surface area (Å²) in [5.41, 5.74) is 0. The summed E-state index contributed by atoms with van der Waals surface area (Å²) in [4.78, 5) is 0. The van der Waals surface area contributed by atoms with Gasteiger partial charge in [-0.15, -0.1) is 0 Å². The summed E-state index contributed by atoms with van der Waals surface area (Å²) in [6.07, 6.45) is 7.70. The fourth-order valence-electron chi connectivity index (χ4n) is 1.07. The molecule has 56 valence electrons. The fourth-order valence-corrected chi connectivity index (χ4v) is 1.07. The van der Waals surface area contributed by atoms with E-state index in [1.165, 1.54) is 25.7 Å². The SMILES string of the molecule is C[CH-]CC(C)CCCC. The van der Waals surface area contributed by atoms with Gasteiger partial charge in [0.25, 0.3) is 0 Å². The van der Waals surface area contributed by atoms with Gasteiger partial charge in [-0.2, -0.15) is 13.3 Å². The van der Waals surface area contributed by atoms with Gasteiger partial charge in [0.05, 0.1) is 0 Å². The molecule has 0 saturated heterocycles. The lowest BCUT2D eigenvalue weighted by Crippen LogP contribution is -1.92. The fraction of sp³-hybridized carbons (Fsp3) is 0.889. The second-order valence-corrected chi connectivity index (χ2v) is 2.89. The lowest BCUT2D eigenvalue weighted by molar-refractivity contribution is 0.499. The first kappa shape index (κ1) is 9.00. The Hall–Kier alpha value is 0. The summed E-state index contributed by atoms with van der Waals surface area (Å²) in [6.45, 7) is 6.72. The van der Waals surface area contributed by atoms with Crippen LogP contribution in [0.15, 0.2) is 0 Å². The third-order valence-corrected chi connectivity index (χ3v) is 1.69.